The molecule has 0 radical (unpaired) electrons. The summed E-state index contributed by atoms with van der Waals surface area (Å²) >= 11 is 0. The SMILES string of the molecule is CCC1CCC(n2c(N)nc3c(OC)ncnc32)CC1. The first-order chi connectivity index (χ1) is 9.74. The number of ether oxygens (including phenoxy) is 1. The number of hydrogen-bond acceptors (Lipinski definition) is 5. The summed E-state index contributed by atoms with van der Waals surface area (Å²) in [6.07, 6.45) is 7.56. The van der Waals surface area contributed by atoms with Crippen molar-refractivity contribution in [1.82, 2.24) is 19.5 Å². The minimum Gasteiger partial charge on any atom is -0.479 e. The van der Waals surface area contributed by atoms with Gasteiger partial charge < -0.3 is 10.5 Å². The van der Waals surface area contributed by atoms with Gasteiger partial charge in [-0.1, -0.05) is 13.3 Å². The van der Waals surface area contributed by atoms with Gasteiger partial charge in [0.25, 0.3) is 0 Å². The molecular weight excluding hydrogens is 254 g/mol. The number of methoxy groups -OCH3 is 1. The van der Waals surface area contributed by atoms with Crippen LogP contribution < -0.4 is 10.5 Å². The van der Waals surface area contributed by atoms with Gasteiger partial charge in [0.15, 0.2) is 11.2 Å². The van der Waals surface area contributed by atoms with E-state index >= 15 is 0 Å². The molecule has 0 aromatic carbocycles. The Kier molecular flexibility index (Phi) is 3.46. The van der Waals surface area contributed by atoms with Crippen LogP contribution in [0.4, 0.5) is 5.95 Å². The van der Waals surface area contributed by atoms with Crippen molar-refractivity contribution in [3.63, 3.8) is 0 Å². The number of aromatic nitrogens is 4. The number of nitrogens with zero attached hydrogens (tertiary/aromatic N) is 4. The number of nitrogens with two attached hydrogens (primary N) is 1. The van der Waals surface area contributed by atoms with E-state index in [4.69, 9.17) is 10.5 Å². The summed E-state index contributed by atoms with van der Waals surface area (Å²) in [5, 5.41) is 0. The summed E-state index contributed by atoms with van der Waals surface area (Å²) in [6.45, 7) is 2.27. The van der Waals surface area contributed by atoms with Crippen LogP contribution in [0.15, 0.2) is 6.33 Å². The molecule has 0 spiro atoms. The van der Waals surface area contributed by atoms with E-state index in [0.717, 1.165) is 24.4 Å². The molecule has 0 atom stereocenters. The fourth-order valence-electron chi connectivity index (χ4n) is 3.23. The highest BCUT2D eigenvalue weighted by molar-refractivity contribution is 5.79. The van der Waals surface area contributed by atoms with Crippen molar-refractivity contribution >= 4 is 17.1 Å². The molecule has 6 heteroatoms. The number of imidazole rings is 1. The molecule has 0 saturated heterocycles. The van der Waals surface area contributed by atoms with Crippen molar-refractivity contribution in [2.45, 2.75) is 45.1 Å². The molecule has 3 rings (SSSR count). The van der Waals surface area contributed by atoms with Gasteiger partial charge in [-0.25, -0.2) is 9.97 Å². The monoisotopic (exact) mass is 275 g/mol. The topological polar surface area (TPSA) is 78.9 Å². The molecule has 1 aliphatic carbocycles. The Morgan fingerprint density at radius 3 is 2.70 bits per heavy atom. The lowest BCUT2D eigenvalue weighted by molar-refractivity contribution is 0.274. The van der Waals surface area contributed by atoms with Crippen molar-refractivity contribution in [2.75, 3.05) is 12.8 Å². The Labute approximate surface area is 118 Å². The number of hydrogen-bond donors (Lipinski definition) is 1. The van der Waals surface area contributed by atoms with E-state index in [0.29, 0.717) is 23.4 Å². The van der Waals surface area contributed by atoms with E-state index in [2.05, 4.69) is 26.4 Å². The smallest absolute Gasteiger partial charge is 0.245 e. The fourth-order valence-corrected chi connectivity index (χ4v) is 3.23. The Hall–Kier alpha value is -1.85. The van der Waals surface area contributed by atoms with Crippen molar-refractivity contribution in [3.05, 3.63) is 6.33 Å². The maximum absolute atomic E-state index is 6.10. The molecule has 6 nitrogen and oxygen atoms in total. The van der Waals surface area contributed by atoms with Crippen LogP contribution in [-0.4, -0.2) is 26.6 Å². The molecule has 1 fully saturated rings. The lowest BCUT2D eigenvalue weighted by atomic mass is 9.84. The summed E-state index contributed by atoms with van der Waals surface area (Å²) < 4.78 is 7.30. The second kappa shape index (κ2) is 5.26. The van der Waals surface area contributed by atoms with Crippen molar-refractivity contribution in [1.29, 1.82) is 0 Å². The van der Waals surface area contributed by atoms with Crippen molar-refractivity contribution in [3.8, 4) is 5.88 Å². The summed E-state index contributed by atoms with van der Waals surface area (Å²) in [6, 6.07) is 0.391. The van der Waals surface area contributed by atoms with Gasteiger partial charge in [0.05, 0.1) is 7.11 Å². The minimum atomic E-state index is 0.391. The average Bonchev–Trinajstić information content (AvgIpc) is 2.83. The molecule has 0 bridgehead atoms. The maximum atomic E-state index is 6.10. The quantitative estimate of drug-likeness (QED) is 0.931. The van der Waals surface area contributed by atoms with Crippen LogP contribution in [0.2, 0.25) is 0 Å². The third kappa shape index (κ3) is 2.09. The molecule has 1 aliphatic rings. The first-order valence-electron chi connectivity index (χ1n) is 7.27. The first kappa shape index (κ1) is 13.1. The van der Waals surface area contributed by atoms with Gasteiger partial charge in [-0.05, 0) is 31.6 Å². The van der Waals surface area contributed by atoms with Crippen LogP contribution in [-0.2, 0) is 0 Å². The summed E-state index contributed by atoms with van der Waals surface area (Å²) in [5.74, 6) is 1.85. The molecule has 20 heavy (non-hydrogen) atoms. The van der Waals surface area contributed by atoms with Gasteiger partial charge in [0, 0.05) is 6.04 Å². The summed E-state index contributed by atoms with van der Waals surface area (Å²) in [7, 11) is 1.59. The zero-order chi connectivity index (χ0) is 14.1. The second-order valence-corrected chi connectivity index (χ2v) is 5.48. The fraction of sp³-hybridized carbons (Fsp3) is 0.643. The van der Waals surface area contributed by atoms with Gasteiger partial charge in [0.1, 0.15) is 6.33 Å². The number of rotatable bonds is 3. The van der Waals surface area contributed by atoms with Crippen molar-refractivity contribution < 1.29 is 4.74 Å². The maximum Gasteiger partial charge on any atom is 0.245 e. The van der Waals surface area contributed by atoms with Gasteiger partial charge >= 0.3 is 0 Å². The lowest BCUT2D eigenvalue weighted by Gasteiger charge is -2.29. The Balaban J connectivity index is 1.98. The Morgan fingerprint density at radius 1 is 1.30 bits per heavy atom. The molecule has 2 N–H and O–H groups in total. The number of anilines is 1. The van der Waals surface area contributed by atoms with E-state index < -0.39 is 0 Å². The molecular formula is C14H21N5O. The largest absolute Gasteiger partial charge is 0.479 e. The zero-order valence-corrected chi connectivity index (χ0v) is 12.0. The molecule has 0 amide bonds. The van der Waals surface area contributed by atoms with Crippen LogP contribution in [0.5, 0.6) is 5.88 Å². The second-order valence-electron chi connectivity index (χ2n) is 5.48. The number of fused-ring (bicyclic) bond motifs is 1. The predicted molar refractivity (Wildman–Crippen MR) is 77.6 cm³/mol. The van der Waals surface area contributed by atoms with E-state index in [1.165, 1.54) is 25.6 Å². The van der Waals surface area contributed by atoms with E-state index in [1.54, 1.807) is 7.11 Å². The van der Waals surface area contributed by atoms with Gasteiger partial charge in [-0.2, -0.15) is 4.98 Å². The molecule has 2 aromatic heterocycles. The normalized spacial score (nSPS) is 23.1. The third-order valence-electron chi connectivity index (χ3n) is 4.42. The highest BCUT2D eigenvalue weighted by atomic mass is 16.5. The zero-order valence-electron chi connectivity index (χ0n) is 12.0. The highest BCUT2D eigenvalue weighted by Crippen LogP contribution is 2.37. The van der Waals surface area contributed by atoms with Gasteiger partial charge in [-0.15, -0.1) is 0 Å². The van der Waals surface area contributed by atoms with Gasteiger partial charge in [-0.3, -0.25) is 4.57 Å². The van der Waals surface area contributed by atoms with E-state index in [9.17, 15) is 0 Å². The van der Waals surface area contributed by atoms with Crippen LogP contribution >= 0.6 is 0 Å². The lowest BCUT2D eigenvalue weighted by Crippen LogP contribution is -2.19. The molecule has 1 saturated carbocycles. The predicted octanol–water partition coefficient (Wildman–Crippen LogP) is 2.56. The average molecular weight is 275 g/mol. The van der Waals surface area contributed by atoms with E-state index in [-0.39, 0.29) is 0 Å². The Bertz CT molecular complexity index is 601. The number of nitrogen functional groups attached to an aromatic ring is 1. The van der Waals surface area contributed by atoms with Crippen LogP contribution in [0.25, 0.3) is 11.2 Å². The summed E-state index contributed by atoms with van der Waals surface area (Å²) in [5.41, 5.74) is 7.55. The Morgan fingerprint density at radius 2 is 2.05 bits per heavy atom. The highest BCUT2D eigenvalue weighted by Gasteiger charge is 2.25. The van der Waals surface area contributed by atoms with Crippen LogP contribution in [0.1, 0.15) is 45.1 Å². The molecule has 2 aromatic rings. The molecule has 0 aliphatic heterocycles. The van der Waals surface area contributed by atoms with Gasteiger partial charge in [0.2, 0.25) is 11.8 Å². The van der Waals surface area contributed by atoms with Crippen molar-refractivity contribution in [2.24, 2.45) is 5.92 Å². The first-order valence-corrected chi connectivity index (χ1v) is 7.27. The van der Waals surface area contributed by atoms with E-state index in [1.807, 2.05) is 0 Å². The molecule has 2 heterocycles. The molecule has 108 valence electrons. The van der Waals surface area contributed by atoms with Crippen LogP contribution in [0, 0.1) is 5.92 Å². The minimum absolute atomic E-state index is 0.391. The third-order valence-corrected chi connectivity index (χ3v) is 4.42. The summed E-state index contributed by atoms with van der Waals surface area (Å²) in [4.78, 5) is 12.8. The van der Waals surface area contributed by atoms with Crippen LogP contribution in [0.3, 0.4) is 0 Å². The molecule has 0 unspecified atom stereocenters. The standard InChI is InChI=1S/C14H21N5O/c1-3-9-4-6-10(7-5-9)19-12-11(18-14(19)15)13(20-2)17-8-16-12/h8-10H,3-7H2,1-2H3,(H2,15,18).